The predicted molar refractivity (Wildman–Crippen MR) is 53.5 cm³/mol. The molecule has 1 aromatic rings. The summed E-state index contributed by atoms with van der Waals surface area (Å²) < 4.78 is 34.0. The molecule has 0 saturated carbocycles. The van der Waals surface area contributed by atoms with Crippen molar-refractivity contribution < 1.29 is 22.2 Å². The predicted octanol–water partition coefficient (Wildman–Crippen LogP) is 1.76. The van der Waals surface area contributed by atoms with E-state index >= 15 is 0 Å². The Kier molecular flexibility index (Phi) is 3.35. The molecule has 0 aliphatic heterocycles. The van der Waals surface area contributed by atoms with Crippen LogP contribution in [-0.4, -0.2) is 25.7 Å². The first-order valence-corrected chi connectivity index (χ1v) is 6.33. The van der Waals surface area contributed by atoms with Gasteiger partial charge in [-0.1, -0.05) is 0 Å². The molecule has 0 amide bonds. The number of halogens is 1. The summed E-state index contributed by atoms with van der Waals surface area (Å²) in [7, 11) is -4.80. The summed E-state index contributed by atoms with van der Waals surface area (Å²) in [4.78, 5) is 10.2. The molecule has 0 saturated heterocycles. The zero-order chi connectivity index (χ0) is 11.6. The van der Waals surface area contributed by atoms with E-state index in [-0.39, 0.29) is 10.5 Å². The van der Waals surface area contributed by atoms with Crippen molar-refractivity contribution >= 4 is 28.0 Å². The molecular weight excluding hydrogens is 243 g/mol. The van der Waals surface area contributed by atoms with E-state index in [1.807, 2.05) is 0 Å². The van der Waals surface area contributed by atoms with Crippen molar-refractivity contribution in [3.05, 3.63) is 23.8 Å². The second-order valence-corrected chi connectivity index (χ2v) is 4.77. The summed E-state index contributed by atoms with van der Waals surface area (Å²) in [6.45, 7) is 0. The number of rotatable bonds is 3. The lowest BCUT2D eigenvalue weighted by Gasteiger charge is -2.03. The molecule has 0 spiro atoms. The normalized spacial score (nSPS) is 11.3. The standard InChI is InChI=1S/C8H7FO4S2/c1-14-6-4-5(8(10)11)2-3-7(6)15(9,12)13/h2-4H,1H3,(H,10,11). The lowest BCUT2D eigenvalue weighted by molar-refractivity contribution is 0.0696. The third-order valence-electron chi connectivity index (χ3n) is 1.67. The smallest absolute Gasteiger partial charge is 0.335 e. The van der Waals surface area contributed by atoms with Crippen LogP contribution in [-0.2, 0) is 10.2 Å². The third-order valence-corrected chi connectivity index (χ3v) is 3.46. The van der Waals surface area contributed by atoms with E-state index in [1.54, 1.807) is 0 Å². The molecule has 0 atom stereocenters. The van der Waals surface area contributed by atoms with Crippen LogP contribution >= 0.6 is 11.8 Å². The number of benzene rings is 1. The van der Waals surface area contributed by atoms with Crippen molar-refractivity contribution in [2.75, 3.05) is 6.26 Å². The SMILES string of the molecule is CSc1cc(C(=O)O)ccc1S(=O)(=O)F. The molecule has 0 fully saturated rings. The number of carbonyl (C=O) groups is 1. The molecule has 0 aromatic heterocycles. The van der Waals surface area contributed by atoms with E-state index in [1.165, 1.54) is 6.26 Å². The van der Waals surface area contributed by atoms with Gasteiger partial charge in [0.1, 0.15) is 4.90 Å². The minimum atomic E-state index is -4.80. The van der Waals surface area contributed by atoms with Gasteiger partial charge in [0.05, 0.1) is 5.56 Å². The maximum Gasteiger partial charge on any atom is 0.335 e. The fourth-order valence-electron chi connectivity index (χ4n) is 1.00. The summed E-state index contributed by atoms with van der Waals surface area (Å²) in [5, 5.41) is 8.65. The van der Waals surface area contributed by atoms with E-state index in [0.717, 1.165) is 30.0 Å². The summed E-state index contributed by atoms with van der Waals surface area (Å²) >= 11 is 0.971. The van der Waals surface area contributed by atoms with Gasteiger partial charge in [0.15, 0.2) is 0 Å². The molecule has 82 valence electrons. The number of aromatic carboxylic acids is 1. The third kappa shape index (κ3) is 2.69. The molecular formula is C8H7FO4S2. The highest BCUT2D eigenvalue weighted by Crippen LogP contribution is 2.27. The van der Waals surface area contributed by atoms with Crippen LogP contribution in [0.5, 0.6) is 0 Å². The number of hydrogen-bond donors (Lipinski definition) is 1. The van der Waals surface area contributed by atoms with Crippen LogP contribution in [0.1, 0.15) is 10.4 Å². The lowest BCUT2D eigenvalue weighted by Crippen LogP contribution is -2.00. The lowest BCUT2D eigenvalue weighted by atomic mass is 10.2. The summed E-state index contributed by atoms with van der Waals surface area (Å²) in [6.07, 6.45) is 1.54. The van der Waals surface area contributed by atoms with Crippen LogP contribution < -0.4 is 0 Å². The van der Waals surface area contributed by atoms with Crippen molar-refractivity contribution in [2.24, 2.45) is 0 Å². The van der Waals surface area contributed by atoms with Gasteiger partial charge in [-0.05, 0) is 24.5 Å². The van der Waals surface area contributed by atoms with Gasteiger partial charge < -0.3 is 5.11 Å². The molecule has 1 rings (SSSR count). The van der Waals surface area contributed by atoms with Gasteiger partial charge in [-0.3, -0.25) is 0 Å². The first-order valence-electron chi connectivity index (χ1n) is 3.72. The Bertz CT molecular complexity index is 495. The second-order valence-electron chi connectivity index (χ2n) is 2.61. The van der Waals surface area contributed by atoms with Gasteiger partial charge >= 0.3 is 16.2 Å². The van der Waals surface area contributed by atoms with Crippen LogP contribution in [0.25, 0.3) is 0 Å². The van der Waals surface area contributed by atoms with Gasteiger partial charge in [-0.2, -0.15) is 8.42 Å². The number of carboxylic acids is 1. The second kappa shape index (κ2) is 4.19. The summed E-state index contributed by atoms with van der Waals surface area (Å²) in [6, 6.07) is 3.12. The van der Waals surface area contributed by atoms with E-state index in [0.29, 0.717) is 0 Å². The molecule has 0 aliphatic rings. The Morgan fingerprint density at radius 2 is 2.07 bits per heavy atom. The molecule has 0 aliphatic carbocycles. The Hall–Kier alpha value is -1.08. The van der Waals surface area contributed by atoms with E-state index in [2.05, 4.69) is 0 Å². The summed E-state index contributed by atoms with van der Waals surface area (Å²) in [5.41, 5.74) is -0.0771. The molecule has 0 unspecified atom stereocenters. The molecule has 1 aromatic carbocycles. The van der Waals surface area contributed by atoms with Crippen molar-refractivity contribution in [2.45, 2.75) is 9.79 Å². The Morgan fingerprint density at radius 1 is 1.47 bits per heavy atom. The van der Waals surface area contributed by atoms with Crippen molar-refractivity contribution in [1.82, 2.24) is 0 Å². The zero-order valence-corrected chi connectivity index (χ0v) is 9.23. The van der Waals surface area contributed by atoms with Crippen LogP contribution in [0.4, 0.5) is 3.89 Å². The summed E-state index contributed by atoms with van der Waals surface area (Å²) in [5.74, 6) is -1.19. The van der Waals surface area contributed by atoms with E-state index in [4.69, 9.17) is 5.11 Å². The van der Waals surface area contributed by atoms with Gasteiger partial charge in [0, 0.05) is 4.90 Å². The van der Waals surface area contributed by atoms with Crippen molar-refractivity contribution in [3.63, 3.8) is 0 Å². The molecule has 0 radical (unpaired) electrons. The minimum absolute atomic E-state index is 0.0771. The van der Waals surface area contributed by atoms with E-state index in [9.17, 15) is 17.1 Å². The minimum Gasteiger partial charge on any atom is -0.478 e. The first kappa shape index (κ1) is 12.0. The van der Waals surface area contributed by atoms with Crippen molar-refractivity contribution in [3.8, 4) is 0 Å². The molecule has 1 N–H and O–H groups in total. The Labute approximate surface area is 90.3 Å². The van der Waals surface area contributed by atoms with Crippen LogP contribution in [0, 0.1) is 0 Å². The Balaban J connectivity index is 3.40. The first-order chi connectivity index (χ1) is 6.86. The topological polar surface area (TPSA) is 71.4 Å². The van der Waals surface area contributed by atoms with Gasteiger partial charge in [-0.25, -0.2) is 4.79 Å². The van der Waals surface area contributed by atoms with Gasteiger partial charge in [-0.15, -0.1) is 15.6 Å². The van der Waals surface area contributed by atoms with E-state index < -0.39 is 21.1 Å². The maximum absolute atomic E-state index is 12.7. The van der Waals surface area contributed by atoms with Crippen LogP contribution in [0.2, 0.25) is 0 Å². The van der Waals surface area contributed by atoms with Crippen molar-refractivity contribution in [1.29, 1.82) is 0 Å². The molecule has 7 heteroatoms. The quantitative estimate of drug-likeness (QED) is 0.653. The average molecular weight is 250 g/mol. The molecule has 4 nitrogen and oxygen atoms in total. The van der Waals surface area contributed by atoms with Gasteiger partial charge in [0.25, 0.3) is 0 Å². The number of hydrogen-bond acceptors (Lipinski definition) is 4. The Morgan fingerprint density at radius 3 is 2.47 bits per heavy atom. The highest BCUT2D eigenvalue weighted by molar-refractivity contribution is 7.99. The number of thioether (sulfide) groups is 1. The fourth-order valence-corrected chi connectivity index (χ4v) is 2.59. The molecule has 15 heavy (non-hydrogen) atoms. The van der Waals surface area contributed by atoms with Gasteiger partial charge in [0.2, 0.25) is 0 Å². The molecule has 0 heterocycles. The number of carboxylic acid groups (broad SMARTS) is 1. The largest absolute Gasteiger partial charge is 0.478 e. The highest BCUT2D eigenvalue weighted by Gasteiger charge is 2.18. The van der Waals surface area contributed by atoms with Crippen LogP contribution in [0.15, 0.2) is 28.0 Å². The van der Waals surface area contributed by atoms with Crippen LogP contribution in [0.3, 0.4) is 0 Å². The highest BCUT2D eigenvalue weighted by atomic mass is 32.3. The monoisotopic (exact) mass is 250 g/mol. The maximum atomic E-state index is 12.7. The molecule has 0 bridgehead atoms. The average Bonchev–Trinajstić information content (AvgIpc) is 2.15. The fraction of sp³-hybridized carbons (Fsp3) is 0.125. The zero-order valence-electron chi connectivity index (χ0n) is 7.60.